The molecule has 2 aromatic rings. The van der Waals surface area contributed by atoms with Crippen LogP contribution in [0.2, 0.25) is 10.0 Å². The Morgan fingerprint density at radius 1 is 1.28 bits per heavy atom. The Hall–Kier alpha value is -2.02. The van der Waals surface area contributed by atoms with E-state index < -0.39 is 18.5 Å². The molecule has 1 aromatic heterocycles. The summed E-state index contributed by atoms with van der Waals surface area (Å²) < 4.78 is 4.87. The molecule has 0 aliphatic heterocycles. The molecule has 0 atom stereocenters. The molecule has 2 rings (SSSR count). The van der Waals surface area contributed by atoms with Gasteiger partial charge in [-0.2, -0.15) is 0 Å². The van der Waals surface area contributed by atoms with Crippen molar-refractivity contribution < 1.29 is 14.3 Å². The Kier molecular flexibility index (Phi) is 7.31. The number of ether oxygens (including phenoxy) is 1. The Morgan fingerprint density at radius 2 is 2.00 bits per heavy atom. The number of hydrogen-bond donors (Lipinski definition) is 1. The monoisotopic (exact) mass is 396 g/mol. The molecule has 0 aliphatic rings. The van der Waals surface area contributed by atoms with Gasteiger partial charge in [0.15, 0.2) is 12.4 Å². The second-order valence-electron chi connectivity index (χ2n) is 4.75. The molecule has 0 saturated carbocycles. The van der Waals surface area contributed by atoms with Gasteiger partial charge in [0.05, 0.1) is 10.0 Å². The summed E-state index contributed by atoms with van der Waals surface area (Å²) >= 11 is 13.2. The Morgan fingerprint density at radius 3 is 2.64 bits per heavy atom. The number of aromatic nitrogens is 1. The summed E-state index contributed by atoms with van der Waals surface area (Å²) in [5.74, 6) is -1.03. The molecule has 1 aromatic carbocycles. The van der Waals surface area contributed by atoms with E-state index in [0.717, 1.165) is 10.5 Å². The third-order valence-corrected chi connectivity index (χ3v) is 4.18. The molecule has 0 radical (unpaired) electrons. The van der Waals surface area contributed by atoms with E-state index in [1.165, 1.54) is 18.3 Å². The van der Waals surface area contributed by atoms with Crippen molar-refractivity contribution in [3.63, 3.8) is 0 Å². The van der Waals surface area contributed by atoms with Crippen molar-refractivity contribution in [1.82, 2.24) is 4.98 Å². The van der Waals surface area contributed by atoms with Crippen LogP contribution in [0.1, 0.15) is 5.56 Å². The topological polar surface area (TPSA) is 68.3 Å². The van der Waals surface area contributed by atoms with Gasteiger partial charge >= 0.3 is 5.97 Å². The van der Waals surface area contributed by atoms with Crippen LogP contribution in [-0.4, -0.2) is 29.7 Å². The maximum absolute atomic E-state index is 11.8. The lowest BCUT2D eigenvalue weighted by molar-refractivity contribution is -0.142. The highest BCUT2D eigenvalue weighted by Gasteiger charge is 2.09. The SMILES string of the molecule is CSc1ccc(/C=C/C(=O)OCC(=O)Nc2ncc(Cl)cc2Cl)cc1. The maximum Gasteiger partial charge on any atom is 0.331 e. The van der Waals surface area contributed by atoms with Crippen LogP contribution in [-0.2, 0) is 14.3 Å². The van der Waals surface area contributed by atoms with Crippen LogP contribution in [0.25, 0.3) is 6.08 Å². The van der Waals surface area contributed by atoms with Crippen molar-refractivity contribution in [2.45, 2.75) is 4.90 Å². The lowest BCUT2D eigenvalue weighted by atomic mass is 10.2. The number of rotatable bonds is 6. The molecule has 0 saturated heterocycles. The fourth-order valence-corrected chi connectivity index (χ4v) is 2.57. The van der Waals surface area contributed by atoms with E-state index in [0.29, 0.717) is 5.02 Å². The molecule has 0 fully saturated rings. The highest BCUT2D eigenvalue weighted by molar-refractivity contribution is 7.98. The predicted octanol–water partition coefficient (Wildman–Crippen LogP) is 4.31. The van der Waals surface area contributed by atoms with Crippen LogP contribution < -0.4 is 5.32 Å². The van der Waals surface area contributed by atoms with Gasteiger partial charge in [0, 0.05) is 17.2 Å². The third-order valence-electron chi connectivity index (χ3n) is 2.94. The van der Waals surface area contributed by atoms with E-state index in [1.54, 1.807) is 17.8 Å². The Labute approximate surface area is 159 Å². The summed E-state index contributed by atoms with van der Waals surface area (Å²) in [7, 11) is 0. The summed E-state index contributed by atoms with van der Waals surface area (Å²) in [4.78, 5) is 28.4. The molecule has 0 spiro atoms. The van der Waals surface area contributed by atoms with E-state index in [9.17, 15) is 9.59 Å². The number of esters is 1. The lowest BCUT2D eigenvalue weighted by Gasteiger charge is -2.06. The highest BCUT2D eigenvalue weighted by atomic mass is 35.5. The molecule has 25 heavy (non-hydrogen) atoms. The van der Waals surface area contributed by atoms with Crippen molar-refractivity contribution >= 4 is 58.7 Å². The van der Waals surface area contributed by atoms with Crippen molar-refractivity contribution in [2.24, 2.45) is 0 Å². The Balaban J connectivity index is 1.82. The summed E-state index contributed by atoms with van der Waals surface area (Å²) in [5.41, 5.74) is 0.858. The molecule has 1 N–H and O–H groups in total. The van der Waals surface area contributed by atoms with Crippen LogP contribution in [0.5, 0.6) is 0 Å². The first kappa shape index (κ1) is 19.3. The van der Waals surface area contributed by atoms with Crippen molar-refractivity contribution in [3.8, 4) is 0 Å². The minimum Gasteiger partial charge on any atom is -0.452 e. The highest BCUT2D eigenvalue weighted by Crippen LogP contribution is 2.22. The van der Waals surface area contributed by atoms with Crippen molar-refractivity contribution in [3.05, 3.63) is 58.2 Å². The molecule has 1 heterocycles. The first-order valence-corrected chi connectivity index (χ1v) is 9.06. The van der Waals surface area contributed by atoms with E-state index in [4.69, 9.17) is 27.9 Å². The number of amides is 1. The summed E-state index contributed by atoms with van der Waals surface area (Å²) in [5, 5.41) is 2.98. The number of nitrogens with one attached hydrogen (secondary N) is 1. The standard InChI is InChI=1S/C17H14Cl2N2O3S/c1-25-13-5-2-11(3-6-13)4-7-16(23)24-10-15(22)21-17-14(19)8-12(18)9-20-17/h2-9H,10H2,1H3,(H,20,21,22)/b7-4+. The minimum atomic E-state index is -0.626. The fourth-order valence-electron chi connectivity index (χ4n) is 1.74. The zero-order valence-corrected chi connectivity index (χ0v) is 15.5. The average Bonchev–Trinajstić information content (AvgIpc) is 2.61. The normalized spacial score (nSPS) is 10.7. The van der Waals surface area contributed by atoms with Crippen molar-refractivity contribution in [2.75, 3.05) is 18.2 Å². The van der Waals surface area contributed by atoms with Gasteiger partial charge in [-0.1, -0.05) is 35.3 Å². The summed E-state index contributed by atoms with van der Waals surface area (Å²) in [6.45, 7) is -0.449. The third kappa shape index (κ3) is 6.42. The van der Waals surface area contributed by atoms with Gasteiger partial charge in [0.25, 0.3) is 5.91 Å². The van der Waals surface area contributed by atoms with Crippen LogP contribution in [0, 0.1) is 0 Å². The number of pyridine rings is 1. The zero-order valence-electron chi connectivity index (χ0n) is 13.2. The number of thioether (sulfide) groups is 1. The van der Waals surface area contributed by atoms with E-state index in [1.807, 2.05) is 30.5 Å². The van der Waals surface area contributed by atoms with Crippen LogP contribution >= 0.6 is 35.0 Å². The molecule has 0 aliphatic carbocycles. The number of hydrogen-bond acceptors (Lipinski definition) is 5. The molecule has 1 amide bonds. The van der Waals surface area contributed by atoms with Gasteiger partial charge in [-0.25, -0.2) is 9.78 Å². The predicted molar refractivity (Wildman–Crippen MR) is 101 cm³/mol. The smallest absolute Gasteiger partial charge is 0.331 e. The zero-order chi connectivity index (χ0) is 18.2. The van der Waals surface area contributed by atoms with E-state index in [-0.39, 0.29) is 10.8 Å². The number of benzene rings is 1. The molecule has 0 unspecified atom stereocenters. The number of carbonyl (C=O) groups is 2. The first-order valence-electron chi connectivity index (χ1n) is 7.07. The first-order chi connectivity index (χ1) is 12.0. The average molecular weight is 397 g/mol. The minimum absolute atomic E-state index is 0.150. The molecular formula is C17H14Cl2N2O3S. The van der Waals surface area contributed by atoms with Gasteiger partial charge in [-0.15, -0.1) is 11.8 Å². The van der Waals surface area contributed by atoms with E-state index in [2.05, 4.69) is 10.3 Å². The van der Waals surface area contributed by atoms with Gasteiger partial charge in [0.1, 0.15) is 0 Å². The maximum atomic E-state index is 11.8. The molecule has 5 nitrogen and oxygen atoms in total. The number of nitrogens with zero attached hydrogens (tertiary/aromatic N) is 1. The largest absolute Gasteiger partial charge is 0.452 e. The van der Waals surface area contributed by atoms with Gasteiger partial charge in [-0.05, 0) is 36.1 Å². The van der Waals surface area contributed by atoms with Gasteiger partial charge in [0.2, 0.25) is 0 Å². The van der Waals surface area contributed by atoms with E-state index >= 15 is 0 Å². The number of anilines is 1. The molecular weight excluding hydrogens is 383 g/mol. The molecule has 130 valence electrons. The summed E-state index contributed by atoms with van der Waals surface area (Å²) in [6.07, 6.45) is 6.21. The molecule has 0 bridgehead atoms. The van der Waals surface area contributed by atoms with Crippen LogP contribution in [0.15, 0.2) is 47.5 Å². The second-order valence-corrected chi connectivity index (χ2v) is 6.47. The second kappa shape index (κ2) is 9.46. The Bertz CT molecular complexity index is 795. The summed E-state index contributed by atoms with van der Waals surface area (Å²) in [6, 6.07) is 9.12. The van der Waals surface area contributed by atoms with Crippen LogP contribution in [0.3, 0.4) is 0 Å². The fraction of sp³-hybridized carbons (Fsp3) is 0.118. The number of halogens is 2. The van der Waals surface area contributed by atoms with Crippen LogP contribution in [0.4, 0.5) is 5.82 Å². The lowest BCUT2D eigenvalue weighted by Crippen LogP contribution is -2.20. The number of carbonyl (C=O) groups excluding carboxylic acids is 2. The van der Waals surface area contributed by atoms with Gasteiger partial charge in [-0.3, -0.25) is 4.79 Å². The quantitative estimate of drug-likeness (QED) is 0.447. The molecule has 8 heteroatoms. The van der Waals surface area contributed by atoms with Crippen molar-refractivity contribution in [1.29, 1.82) is 0 Å². The van der Waals surface area contributed by atoms with Gasteiger partial charge < -0.3 is 10.1 Å².